The fourth-order valence-electron chi connectivity index (χ4n) is 1.96. The van der Waals surface area contributed by atoms with Crippen molar-refractivity contribution in [3.05, 3.63) is 83.9 Å². The van der Waals surface area contributed by atoms with Crippen LogP contribution in [-0.4, -0.2) is 5.78 Å². The molecule has 0 amide bonds. The Morgan fingerprint density at radius 3 is 2.21 bits per heavy atom. The van der Waals surface area contributed by atoms with Crippen molar-refractivity contribution in [2.75, 3.05) is 0 Å². The number of benzene rings is 2. The molecule has 0 saturated heterocycles. The lowest BCUT2D eigenvalue weighted by molar-refractivity contribution is 0.104. The molecule has 0 spiro atoms. The van der Waals surface area contributed by atoms with Gasteiger partial charge in [0.25, 0.3) is 0 Å². The molecule has 0 aliphatic heterocycles. The number of aryl methyl sites for hydroxylation is 1. The van der Waals surface area contributed by atoms with Gasteiger partial charge in [-0.2, -0.15) is 0 Å². The van der Waals surface area contributed by atoms with Gasteiger partial charge in [0.15, 0.2) is 5.78 Å². The van der Waals surface area contributed by atoms with E-state index in [4.69, 9.17) is 0 Å². The summed E-state index contributed by atoms with van der Waals surface area (Å²) in [6, 6.07) is 19.8. The summed E-state index contributed by atoms with van der Waals surface area (Å²) in [7, 11) is 0. The van der Waals surface area contributed by atoms with Crippen molar-refractivity contribution >= 4 is 5.78 Å². The van der Waals surface area contributed by atoms with Crippen LogP contribution in [0.1, 0.15) is 28.8 Å². The van der Waals surface area contributed by atoms with Gasteiger partial charge in [-0.05, 0) is 30.9 Å². The minimum atomic E-state index is 0.0836. The Balaban J connectivity index is 1.74. The van der Waals surface area contributed by atoms with Gasteiger partial charge in [-0.3, -0.25) is 4.79 Å². The van der Waals surface area contributed by atoms with Crippen LogP contribution in [0.3, 0.4) is 0 Å². The molecule has 1 heteroatoms. The van der Waals surface area contributed by atoms with Gasteiger partial charge in [-0.25, -0.2) is 0 Å². The molecule has 2 aromatic rings. The Bertz CT molecular complexity index is 526. The zero-order valence-electron chi connectivity index (χ0n) is 11.0. The van der Waals surface area contributed by atoms with Crippen LogP contribution in [0, 0.1) is 0 Å². The molecule has 0 heterocycles. The van der Waals surface area contributed by atoms with Crippen LogP contribution in [0.5, 0.6) is 0 Å². The normalized spacial score (nSPS) is 10.7. The number of ketones is 1. The standard InChI is InChI=1S/C18H18O/c19-18(17-13-7-3-8-14-17)15-9-2-6-12-16-10-4-1-5-11-16/h1,3-5,7-11,13-15H,2,6,12H2. The molecule has 0 saturated carbocycles. The molecule has 0 fully saturated rings. The molecule has 19 heavy (non-hydrogen) atoms. The minimum absolute atomic E-state index is 0.0836. The van der Waals surface area contributed by atoms with E-state index in [1.165, 1.54) is 5.56 Å². The molecule has 0 atom stereocenters. The molecule has 2 aromatic carbocycles. The summed E-state index contributed by atoms with van der Waals surface area (Å²) >= 11 is 0. The first-order valence-electron chi connectivity index (χ1n) is 6.66. The number of hydrogen-bond donors (Lipinski definition) is 0. The molecule has 0 radical (unpaired) electrons. The van der Waals surface area contributed by atoms with Crippen LogP contribution < -0.4 is 0 Å². The topological polar surface area (TPSA) is 17.1 Å². The van der Waals surface area contributed by atoms with Crippen molar-refractivity contribution < 1.29 is 4.79 Å². The van der Waals surface area contributed by atoms with E-state index in [0.29, 0.717) is 0 Å². The van der Waals surface area contributed by atoms with Crippen molar-refractivity contribution in [1.82, 2.24) is 0 Å². The average Bonchev–Trinajstić information content (AvgIpc) is 2.49. The lowest BCUT2D eigenvalue weighted by Gasteiger charge is -1.98. The zero-order chi connectivity index (χ0) is 13.3. The molecule has 96 valence electrons. The molecule has 0 aliphatic carbocycles. The molecule has 2 rings (SSSR count). The lowest BCUT2D eigenvalue weighted by atomic mass is 10.1. The van der Waals surface area contributed by atoms with E-state index < -0.39 is 0 Å². The molecule has 0 N–H and O–H groups in total. The van der Waals surface area contributed by atoms with Crippen molar-refractivity contribution in [2.45, 2.75) is 19.3 Å². The molecule has 0 aromatic heterocycles. The number of rotatable bonds is 6. The van der Waals surface area contributed by atoms with Crippen LogP contribution in [0.2, 0.25) is 0 Å². The number of carbonyl (C=O) groups is 1. The van der Waals surface area contributed by atoms with Crippen molar-refractivity contribution in [2.24, 2.45) is 0 Å². The second-order valence-corrected chi connectivity index (χ2v) is 4.51. The number of hydrogen-bond acceptors (Lipinski definition) is 1. The van der Waals surface area contributed by atoms with Gasteiger partial charge in [0.2, 0.25) is 0 Å². The minimum Gasteiger partial charge on any atom is -0.289 e. The summed E-state index contributed by atoms with van der Waals surface area (Å²) in [6.07, 6.45) is 6.72. The highest BCUT2D eigenvalue weighted by Gasteiger charge is 1.98. The van der Waals surface area contributed by atoms with E-state index in [2.05, 4.69) is 24.3 Å². The van der Waals surface area contributed by atoms with E-state index in [9.17, 15) is 4.79 Å². The smallest absolute Gasteiger partial charge is 0.185 e. The lowest BCUT2D eigenvalue weighted by Crippen LogP contribution is -1.92. The monoisotopic (exact) mass is 250 g/mol. The van der Waals surface area contributed by atoms with Crippen molar-refractivity contribution in [1.29, 1.82) is 0 Å². The van der Waals surface area contributed by atoms with Gasteiger partial charge in [-0.15, -0.1) is 0 Å². The number of allylic oxidation sites excluding steroid dienone is 2. The maximum absolute atomic E-state index is 11.8. The van der Waals surface area contributed by atoms with E-state index in [1.54, 1.807) is 6.08 Å². The summed E-state index contributed by atoms with van der Waals surface area (Å²) in [5.74, 6) is 0.0836. The Labute approximate surface area is 114 Å². The maximum atomic E-state index is 11.8. The van der Waals surface area contributed by atoms with Gasteiger partial charge in [0, 0.05) is 5.56 Å². The van der Waals surface area contributed by atoms with E-state index in [1.807, 2.05) is 42.5 Å². The summed E-state index contributed by atoms with van der Waals surface area (Å²) in [4.78, 5) is 11.8. The molecular formula is C18H18O. The molecule has 0 bridgehead atoms. The summed E-state index contributed by atoms with van der Waals surface area (Å²) in [5, 5.41) is 0. The first kappa shape index (κ1) is 13.3. The van der Waals surface area contributed by atoms with Crippen LogP contribution >= 0.6 is 0 Å². The van der Waals surface area contributed by atoms with Gasteiger partial charge in [0.05, 0.1) is 0 Å². The third-order valence-corrected chi connectivity index (χ3v) is 3.01. The quantitative estimate of drug-likeness (QED) is 0.420. The number of carbonyl (C=O) groups excluding carboxylic acids is 1. The Hall–Kier alpha value is -2.15. The molecule has 0 unspecified atom stereocenters. The van der Waals surface area contributed by atoms with E-state index in [0.717, 1.165) is 24.8 Å². The molecule has 1 nitrogen and oxygen atoms in total. The highest BCUT2D eigenvalue weighted by atomic mass is 16.1. The zero-order valence-corrected chi connectivity index (χ0v) is 11.0. The van der Waals surface area contributed by atoms with Gasteiger partial charge < -0.3 is 0 Å². The molecule has 0 aliphatic rings. The molecular weight excluding hydrogens is 232 g/mol. The predicted octanol–water partition coefficient (Wildman–Crippen LogP) is 4.45. The van der Waals surface area contributed by atoms with Crippen LogP contribution in [0.15, 0.2) is 72.8 Å². The largest absolute Gasteiger partial charge is 0.289 e. The Morgan fingerprint density at radius 2 is 1.53 bits per heavy atom. The van der Waals surface area contributed by atoms with Crippen LogP contribution in [0.4, 0.5) is 0 Å². The second kappa shape index (κ2) is 7.32. The van der Waals surface area contributed by atoms with Gasteiger partial charge >= 0.3 is 0 Å². The first-order chi connectivity index (χ1) is 9.36. The van der Waals surface area contributed by atoms with Crippen LogP contribution in [-0.2, 0) is 6.42 Å². The van der Waals surface area contributed by atoms with Gasteiger partial charge in [0.1, 0.15) is 0 Å². The second-order valence-electron chi connectivity index (χ2n) is 4.51. The maximum Gasteiger partial charge on any atom is 0.185 e. The van der Waals surface area contributed by atoms with Crippen LogP contribution in [0.25, 0.3) is 0 Å². The third-order valence-electron chi connectivity index (χ3n) is 3.01. The Morgan fingerprint density at radius 1 is 0.895 bits per heavy atom. The highest BCUT2D eigenvalue weighted by molar-refractivity contribution is 6.04. The fourth-order valence-corrected chi connectivity index (χ4v) is 1.96. The third kappa shape index (κ3) is 4.55. The van der Waals surface area contributed by atoms with E-state index in [-0.39, 0.29) is 5.78 Å². The first-order valence-corrected chi connectivity index (χ1v) is 6.66. The number of unbranched alkanes of at least 4 members (excludes halogenated alkanes) is 1. The predicted molar refractivity (Wildman–Crippen MR) is 79.3 cm³/mol. The van der Waals surface area contributed by atoms with Crippen molar-refractivity contribution in [3.63, 3.8) is 0 Å². The SMILES string of the molecule is O=C(C=CCCCc1ccccc1)c1ccccc1. The van der Waals surface area contributed by atoms with Crippen molar-refractivity contribution in [3.8, 4) is 0 Å². The van der Waals surface area contributed by atoms with E-state index >= 15 is 0 Å². The van der Waals surface area contributed by atoms with Gasteiger partial charge in [-0.1, -0.05) is 66.7 Å². The average molecular weight is 250 g/mol. The summed E-state index contributed by atoms with van der Waals surface area (Å²) in [5.41, 5.74) is 2.10. The summed E-state index contributed by atoms with van der Waals surface area (Å²) in [6.45, 7) is 0. The Kier molecular flexibility index (Phi) is 5.12. The highest BCUT2D eigenvalue weighted by Crippen LogP contribution is 2.06. The summed E-state index contributed by atoms with van der Waals surface area (Å²) < 4.78 is 0. The fraction of sp³-hybridized carbons (Fsp3) is 0.167.